The standard InChI is InChI=1S/C24H27NO4S/c1-15(2)14-29-18-11-9-16(10-12-18)22(26)20-21(19-8-5-13-30-19)25(24(28)23(20)27)17-6-3-4-7-17/h5,8-13,15,17,21,26H,3-4,6-7,14H2,1-2H3/b22-20-. The Kier molecular flexibility index (Phi) is 5.95. The second-order valence-corrected chi connectivity index (χ2v) is 9.37. The summed E-state index contributed by atoms with van der Waals surface area (Å²) >= 11 is 1.50. The maximum absolute atomic E-state index is 13.0. The molecule has 5 nitrogen and oxygen atoms in total. The number of aliphatic hydroxyl groups is 1. The van der Waals surface area contributed by atoms with Crippen molar-refractivity contribution in [1.82, 2.24) is 4.90 Å². The molecule has 2 aromatic rings. The molecule has 30 heavy (non-hydrogen) atoms. The highest BCUT2D eigenvalue weighted by molar-refractivity contribution is 7.10. The van der Waals surface area contributed by atoms with E-state index in [4.69, 9.17) is 4.74 Å². The van der Waals surface area contributed by atoms with Gasteiger partial charge in [0.15, 0.2) is 0 Å². The monoisotopic (exact) mass is 425 g/mol. The van der Waals surface area contributed by atoms with Crippen LogP contribution in [0.3, 0.4) is 0 Å². The van der Waals surface area contributed by atoms with Crippen molar-refractivity contribution >= 4 is 28.8 Å². The highest BCUT2D eigenvalue weighted by Gasteiger charge is 2.49. The van der Waals surface area contributed by atoms with Gasteiger partial charge in [0.1, 0.15) is 11.5 Å². The van der Waals surface area contributed by atoms with Crippen LogP contribution < -0.4 is 4.74 Å². The first-order chi connectivity index (χ1) is 14.5. The first-order valence-electron chi connectivity index (χ1n) is 10.5. The van der Waals surface area contributed by atoms with Crippen LogP contribution in [0, 0.1) is 5.92 Å². The highest BCUT2D eigenvalue weighted by Crippen LogP contribution is 2.44. The van der Waals surface area contributed by atoms with Crippen molar-refractivity contribution in [2.24, 2.45) is 5.92 Å². The maximum atomic E-state index is 13.0. The van der Waals surface area contributed by atoms with Crippen molar-refractivity contribution in [2.75, 3.05) is 6.61 Å². The lowest BCUT2D eigenvalue weighted by Gasteiger charge is -2.29. The van der Waals surface area contributed by atoms with E-state index in [0.29, 0.717) is 23.8 Å². The Morgan fingerprint density at radius 3 is 2.47 bits per heavy atom. The van der Waals surface area contributed by atoms with E-state index in [1.165, 1.54) is 11.3 Å². The van der Waals surface area contributed by atoms with Crippen molar-refractivity contribution in [3.8, 4) is 5.75 Å². The number of likely N-dealkylation sites (tertiary alicyclic amines) is 1. The normalized spacial score (nSPS) is 21.7. The van der Waals surface area contributed by atoms with Gasteiger partial charge >= 0.3 is 0 Å². The van der Waals surface area contributed by atoms with E-state index in [1.807, 2.05) is 17.5 Å². The van der Waals surface area contributed by atoms with Gasteiger partial charge in [-0.1, -0.05) is 32.8 Å². The molecule has 1 saturated carbocycles. The minimum Gasteiger partial charge on any atom is -0.507 e. The van der Waals surface area contributed by atoms with E-state index in [-0.39, 0.29) is 17.4 Å². The Bertz CT molecular complexity index is 940. The van der Waals surface area contributed by atoms with E-state index < -0.39 is 17.7 Å². The quantitative estimate of drug-likeness (QED) is 0.395. The number of Topliss-reactive ketones (excluding diaryl/α,β-unsaturated/α-hetero) is 1. The van der Waals surface area contributed by atoms with Gasteiger partial charge in [-0.3, -0.25) is 9.59 Å². The third-order valence-electron chi connectivity index (χ3n) is 5.72. The summed E-state index contributed by atoms with van der Waals surface area (Å²) in [5, 5.41) is 13.0. The zero-order valence-corrected chi connectivity index (χ0v) is 18.2. The van der Waals surface area contributed by atoms with Gasteiger partial charge in [-0.25, -0.2) is 0 Å². The van der Waals surface area contributed by atoms with Crippen molar-refractivity contribution in [3.63, 3.8) is 0 Å². The van der Waals surface area contributed by atoms with Crippen molar-refractivity contribution in [1.29, 1.82) is 0 Å². The summed E-state index contributed by atoms with van der Waals surface area (Å²) < 4.78 is 5.71. The molecule has 1 aliphatic carbocycles. The topological polar surface area (TPSA) is 66.8 Å². The molecule has 4 rings (SSSR count). The van der Waals surface area contributed by atoms with Crippen LogP contribution in [0.2, 0.25) is 0 Å². The summed E-state index contributed by atoms with van der Waals surface area (Å²) in [4.78, 5) is 28.6. The lowest BCUT2D eigenvalue weighted by atomic mass is 9.99. The number of ether oxygens (including phenoxy) is 1. The number of hydrogen-bond donors (Lipinski definition) is 1. The van der Waals surface area contributed by atoms with E-state index >= 15 is 0 Å². The Balaban J connectivity index is 1.71. The summed E-state index contributed by atoms with van der Waals surface area (Å²) in [6, 6.07) is 10.4. The number of carbonyl (C=O) groups is 2. The van der Waals surface area contributed by atoms with Crippen LogP contribution in [0.1, 0.15) is 56.0 Å². The van der Waals surface area contributed by atoms with E-state index in [2.05, 4.69) is 13.8 Å². The number of thiophene rings is 1. The van der Waals surface area contributed by atoms with Crippen LogP contribution in [-0.4, -0.2) is 34.3 Å². The second-order valence-electron chi connectivity index (χ2n) is 8.39. The molecular weight excluding hydrogens is 398 g/mol. The van der Waals surface area contributed by atoms with Gasteiger partial charge in [-0.15, -0.1) is 11.3 Å². The summed E-state index contributed by atoms with van der Waals surface area (Å²) in [5.74, 6) is -0.101. The second kappa shape index (κ2) is 8.64. The van der Waals surface area contributed by atoms with E-state index in [1.54, 1.807) is 29.2 Å². The predicted octanol–water partition coefficient (Wildman–Crippen LogP) is 5.15. The third-order valence-corrected chi connectivity index (χ3v) is 6.65. The minimum atomic E-state index is -0.599. The van der Waals surface area contributed by atoms with Gasteiger partial charge in [0.2, 0.25) is 0 Å². The average molecular weight is 426 g/mol. The first kappa shape index (κ1) is 20.7. The van der Waals surface area contributed by atoms with Crippen LogP contribution in [0.4, 0.5) is 0 Å². The number of hydrogen-bond acceptors (Lipinski definition) is 5. The Morgan fingerprint density at radius 2 is 1.87 bits per heavy atom. The lowest BCUT2D eigenvalue weighted by Crippen LogP contribution is -2.37. The van der Waals surface area contributed by atoms with Gasteiger partial charge in [0, 0.05) is 16.5 Å². The van der Waals surface area contributed by atoms with Crippen molar-refractivity contribution in [2.45, 2.75) is 51.6 Å². The molecule has 2 heterocycles. The molecule has 1 aromatic carbocycles. The minimum absolute atomic E-state index is 0.0469. The summed E-state index contributed by atoms with van der Waals surface area (Å²) in [6.45, 7) is 4.76. The first-order valence-corrected chi connectivity index (χ1v) is 11.4. The van der Waals surface area contributed by atoms with Crippen molar-refractivity contribution < 1.29 is 19.4 Å². The molecule has 2 aliphatic rings. The molecular formula is C24H27NO4S. The number of rotatable bonds is 6. The predicted molar refractivity (Wildman–Crippen MR) is 117 cm³/mol. The van der Waals surface area contributed by atoms with E-state index in [0.717, 1.165) is 30.6 Å². The average Bonchev–Trinajstić information content (AvgIpc) is 3.48. The van der Waals surface area contributed by atoms with Gasteiger partial charge in [0.05, 0.1) is 18.2 Å². The van der Waals surface area contributed by atoms with Crippen LogP contribution in [0.15, 0.2) is 47.4 Å². The molecule has 1 unspecified atom stereocenters. The molecule has 2 fully saturated rings. The van der Waals surface area contributed by atoms with Crippen LogP contribution in [0.5, 0.6) is 5.75 Å². The smallest absolute Gasteiger partial charge is 0.295 e. The molecule has 0 bridgehead atoms. The van der Waals surface area contributed by atoms with Gasteiger partial charge in [0.25, 0.3) is 11.7 Å². The summed E-state index contributed by atoms with van der Waals surface area (Å²) in [5.41, 5.74) is 0.697. The Labute approximate surface area is 181 Å². The van der Waals surface area contributed by atoms with E-state index in [9.17, 15) is 14.7 Å². The molecule has 1 aliphatic heterocycles. The number of aliphatic hydroxyl groups excluding tert-OH is 1. The maximum Gasteiger partial charge on any atom is 0.295 e. The number of nitrogens with zero attached hydrogens (tertiary/aromatic N) is 1. The van der Waals surface area contributed by atoms with Crippen LogP contribution >= 0.6 is 11.3 Å². The fourth-order valence-corrected chi connectivity index (χ4v) is 5.09. The number of carbonyl (C=O) groups excluding carboxylic acids is 2. The van der Waals surface area contributed by atoms with Gasteiger partial charge in [-0.2, -0.15) is 0 Å². The number of ketones is 1. The molecule has 0 spiro atoms. The molecule has 6 heteroatoms. The number of benzene rings is 1. The highest BCUT2D eigenvalue weighted by atomic mass is 32.1. The van der Waals surface area contributed by atoms with Gasteiger partial charge < -0.3 is 14.7 Å². The molecule has 1 amide bonds. The molecule has 1 atom stereocenters. The zero-order chi connectivity index (χ0) is 21.3. The molecule has 1 N–H and O–H groups in total. The molecule has 1 aromatic heterocycles. The Morgan fingerprint density at radius 1 is 1.17 bits per heavy atom. The molecule has 158 valence electrons. The molecule has 1 saturated heterocycles. The van der Waals surface area contributed by atoms with Crippen LogP contribution in [-0.2, 0) is 9.59 Å². The Hall–Kier alpha value is -2.60. The number of amides is 1. The largest absolute Gasteiger partial charge is 0.507 e. The summed E-state index contributed by atoms with van der Waals surface area (Å²) in [6.07, 6.45) is 3.92. The summed E-state index contributed by atoms with van der Waals surface area (Å²) in [7, 11) is 0. The fourth-order valence-electron chi connectivity index (χ4n) is 4.26. The fraction of sp³-hybridized carbons (Fsp3) is 0.417. The van der Waals surface area contributed by atoms with Gasteiger partial charge in [-0.05, 0) is 54.5 Å². The lowest BCUT2D eigenvalue weighted by molar-refractivity contribution is -0.141. The third kappa shape index (κ3) is 3.88. The molecule has 0 radical (unpaired) electrons. The zero-order valence-electron chi connectivity index (χ0n) is 17.3. The SMILES string of the molecule is CC(C)COc1ccc(/C(O)=C2/C(=O)C(=O)N(C3CCCC3)C2c2cccs2)cc1. The van der Waals surface area contributed by atoms with Crippen LogP contribution in [0.25, 0.3) is 5.76 Å². The van der Waals surface area contributed by atoms with Crippen molar-refractivity contribution in [3.05, 3.63) is 57.8 Å².